The number of rotatable bonds is 6. The predicted octanol–water partition coefficient (Wildman–Crippen LogP) is 3.02. The number of benzene rings is 1. The smallest absolute Gasteiger partial charge is 0.225 e. The summed E-state index contributed by atoms with van der Waals surface area (Å²) < 4.78 is 0. The van der Waals surface area contributed by atoms with Crippen molar-refractivity contribution < 1.29 is 4.79 Å². The summed E-state index contributed by atoms with van der Waals surface area (Å²) in [4.78, 5) is 12.4. The van der Waals surface area contributed by atoms with Crippen LogP contribution in [0.15, 0.2) is 24.3 Å². The molecule has 21 heavy (non-hydrogen) atoms. The van der Waals surface area contributed by atoms with Gasteiger partial charge in [-0.25, -0.2) is 0 Å². The minimum absolute atomic E-state index is 0.119. The predicted molar refractivity (Wildman–Crippen MR) is 87.5 cm³/mol. The number of hydrogen-bond donors (Lipinski definition) is 2. The molecule has 0 aromatic heterocycles. The van der Waals surface area contributed by atoms with Gasteiger partial charge < -0.3 is 10.6 Å². The lowest BCUT2D eigenvalue weighted by molar-refractivity contribution is -0.129. The van der Waals surface area contributed by atoms with Crippen molar-refractivity contribution in [2.24, 2.45) is 11.3 Å². The molecule has 0 saturated carbocycles. The van der Waals surface area contributed by atoms with E-state index in [1.54, 1.807) is 0 Å². The molecule has 1 unspecified atom stereocenters. The van der Waals surface area contributed by atoms with Crippen molar-refractivity contribution in [3.8, 4) is 0 Å². The summed E-state index contributed by atoms with van der Waals surface area (Å²) in [6, 6.07) is 7.73. The minimum atomic E-state index is -0.418. The van der Waals surface area contributed by atoms with Crippen LogP contribution in [-0.2, 0) is 11.2 Å². The molecule has 2 N–H and O–H groups in total. The van der Waals surface area contributed by atoms with E-state index < -0.39 is 5.41 Å². The van der Waals surface area contributed by atoms with Gasteiger partial charge in [0.1, 0.15) is 0 Å². The Kier molecular flexibility index (Phi) is 5.65. The lowest BCUT2D eigenvalue weighted by Crippen LogP contribution is -2.39. The van der Waals surface area contributed by atoms with E-state index in [-0.39, 0.29) is 5.91 Å². The quantitative estimate of drug-likeness (QED) is 0.848. The summed E-state index contributed by atoms with van der Waals surface area (Å²) in [6.45, 7) is 6.94. The van der Waals surface area contributed by atoms with Crippen LogP contribution in [0.4, 0.5) is 0 Å². The average Bonchev–Trinajstić information content (AvgIpc) is 2.91. The van der Waals surface area contributed by atoms with Crippen LogP contribution >= 0.6 is 11.6 Å². The number of carbonyl (C=O) groups is 1. The van der Waals surface area contributed by atoms with Crippen molar-refractivity contribution in [3.05, 3.63) is 34.9 Å². The van der Waals surface area contributed by atoms with Crippen LogP contribution in [0.3, 0.4) is 0 Å². The van der Waals surface area contributed by atoms with Crippen LogP contribution < -0.4 is 10.6 Å². The number of nitrogens with one attached hydrogen (secondary N) is 2. The fourth-order valence-electron chi connectivity index (χ4n) is 2.83. The van der Waals surface area contributed by atoms with Gasteiger partial charge >= 0.3 is 0 Å². The second kappa shape index (κ2) is 7.28. The molecule has 1 aliphatic heterocycles. The average molecular weight is 309 g/mol. The van der Waals surface area contributed by atoms with Gasteiger partial charge in [0.2, 0.25) is 5.91 Å². The van der Waals surface area contributed by atoms with E-state index in [1.165, 1.54) is 6.42 Å². The summed E-state index contributed by atoms with van der Waals surface area (Å²) in [7, 11) is 0. The molecular formula is C17H25ClN2O. The van der Waals surface area contributed by atoms with Gasteiger partial charge in [0.05, 0.1) is 0 Å². The van der Waals surface area contributed by atoms with Gasteiger partial charge in [0.25, 0.3) is 0 Å². The third-order valence-electron chi connectivity index (χ3n) is 4.15. The molecule has 3 nitrogen and oxygen atoms in total. The van der Waals surface area contributed by atoms with Crippen molar-refractivity contribution in [1.82, 2.24) is 10.6 Å². The normalized spacial score (nSPS) is 18.7. The largest absolute Gasteiger partial charge is 0.356 e. The van der Waals surface area contributed by atoms with Crippen LogP contribution in [0.25, 0.3) is 0 Å². The second-order valence-electron chi connectivity index (χ2n) is 6.59. The molecular weight excluding hydrogens is 284 g/mol. The monoisotopic (exact) mass is 308 g/mol. The van der Waals surface area contributed by atoms with E-state index in [0.29, 0.717) is 12.3 Å². The van der Waals surface area contributed by atoms with Gasteiger partial charge in [0.15, 0.2) is 0 Å². The zero-order valence-corrected chi connectivity index (χ0v) is 13.7. The van der Waals surface area contributed by atoms with Gasteiger partial charge in [-0.2, -0.15) is 0 Å². The molecule has 1 atom stereocenters. The Morgan fingerprint density at radius 1 is 1.48 bits per heavy atom. The second-order valence-corrected chi connectivity index (χ2v) is 7.03. The van der Waals surface area contributed by atoms with E-state index in [4.69, 9.17) is 11.6 Å². The molecule has 1 aliphatic rings. The van der Waals surface area contributed by atoms with Gasteiger partial charge in [-0.15, -0.1) is 0 Å². The maximum Gasteiger partial charge on any atom is 0.225 e. The molecule has 0 bridgehead atoms. The molecule has 0 spiro atoms. The maximum atomic E-state index is 12.4. The summed E-state index contributed by atoms with van der Waals surface area (Å²) in [5.74, 6) is 0.828. The third kappa shape index (κ3) is 5.01. The highest BCUT2D eigenvalue weighted by Crippen LogP contribution is 2.24. The Balaban J connectivity index is 1.81. The Morgan fingerprint density at radius 2 is 2.29 bits per heavy atom. The number of halogens is 1. The van der Waals surface area contributed by atoms with Crippen molar-refractivity contribution in [2.45, 2.75) is 33.1 Å². The van der Waals surface area contributed by atoms with E-state index in [2.05, 4.69) is 10.6 Å². The van der Waals surface area contributed by atoms with E-state index >= 15 is 0 Å². The fraction of sp³-hybridized carbons (Fsp3) is 0.588. The number of carbonyl (C=O) groups excluding carboxylic acids is 1. The molecule has 4 heteroatoms. The first kappa shape index (κ1) is 16.3. The Labute approximate surface area is 132 Å². The Bertz CT molecular complexity index is 481. The summed E-state index contributed by atoms with van der Waals surface area (Å²) in [5, 5.41) is 7.16. The lowest BCUT2D eigenvalue weighted by Gasteiger charge is -2.24. The standard InChI is InChI=1S/C17H25ClN2O/c1-17(2,11-14-4-3-5-15(18)10-14)16(21)20-9-7-13-6-8-19-12-13/h3-5,10,13,19H,6-9,11-12H2,1-2H3,(H,20,21). The molecule has 1 fully saturated rings. The van der Waals surface area contributed by atoms with Gasteiger partial charge in [-0.1, -0.05) is 37.6 Å². The fourth-order valence-corrected chi connectivity index (χ4v) is 3.04. The molecule has 0 aliphatic carbocycles. The highest BCUT2D eigenvalue weighted by molar-refractivity contribution is 6.30. The summed E-state index contributed by atoms with van der Waals surface area (Å²) >= 11 is 6.00. The molecule has 1 heterocycles. The first-order valence-electron chi connectivity index (χ1n) is 7.71. The first-order valence-corrected chi connectivity index (χ1v) is 8.08. The number of hydrogen-bond acceptors (Lipinski definition) is 2. The zero-order chi connectivity index (χ0) is 15.3. The summed E-state index contributed by atoms with van der Waals surface area (Å²) in [5.41, 5.74) is 0.682. The molecule has 2 rings (SSSR count). The van der Waals surface area contributed by atoms with E-state index in [0.717, 1.165) is 36.6 Å². The van der Waals surface area contributed by atoms with Crippen molar-refractivity contribution in [1.29, 1.82) is 0 Å². The lowest BCUT2D eigenvalue weighted by atomic mass is 9.84. The maximum absolute atomic E-state index is 12.4. The van der Waals surface area contributed by atoms with Crippen molar-refractivity contribution in [3.63, 3.8) is 0 Å². The Morgan fingerprint density at radius 3 is 2.95 bits per heavy atom. The van der Waals surface area contributed by atoms with Crippen molar-refractivity contribution in [2.75, 3.05) is 19.6 Å². The van der Waals surface area contributed by atoms with Crippen LogP contribution in [0.1, 0.15) is 32.3 Å². The first-order chi connectivity index (χ1) is 9.97. The number of amides is 1. The van der Waals surface area contributed by atoms with Crippen molar-refractivity contribution >= 4 is 17.5 Å². The Hall–Kier alpha value is -1.06. The zero-order valence-electron chi connectivity index (χ0n) is 12.9. The van der Waals surface area contributed by atoms with Crippen LogP contribution in [0.2, 0.25) is 5.02 Å². The van der Waals surface area contributed by atoms with Crippen LogP contribution in [0, 0.1) is 11.3 Å². The van der Waals surface area contributed by atoms with Crippen LogP contribution in [-0.4, -0.2) is 25.5 Å². The molecule has 1 aromatic carbocycles. The highest BCUT2D eigenvalue weighted by atomic mass is 35.5. The highest BCUT2D eigenvalue weighted by Gasteiger charge is 2.28. The molecule has 1 aromatic rings. The molecule has 0 radical (unpaired) electrons. The molecule has 1 saturated heterocycles. The molecule has 116 valence electrons. The minimum Gasteiger partial charge on any atom is -0.356 e. The van der Waals surface area contributed by atoms with E-state index in [9.17, 15) is 4.79 Å². The van der Waals surface area contributed by atoms with E-state index in [1.807, 2.05) is 38.1 Å². The topological polar surface area (TPSA) is 41.1 Å². The van der Waals surface area contributed by atoms with Gasteiger partial charge in [-0.3, -0.25) is 4.79 Å². The third-order valence-corrected chi connectivity index (χ3v) is 4.39. The summed E-state index contributed by atoms with van der Waals surface area (Å²) in [6.07, 6.45) is 2.98. The molecule has 1 amide bonds. The SMILES string of the molecule is CC(C)(Cc1cccc(Cl)c1)C(=O)NCCC1CCNC1. The van der Waals surface area contributed by atoms with Gasteiger partial charge in [-0.05, 0) is 56.0 Å². The van der Waals surface area contributed by atoms with Gasteiger partial charge in [0, 0.05) is 17.0 Å². The van der Waals surface area contributed by atoms with Crippen LogP contribution in [0.5, 0.6) is 0 Å².